The van der Waals surface area contributed by atoms with E-state index in [2.05, 4.69) is 5.32 Å². The van der Waals surface area contributed by atoms with Gasteiger partial charge in [0.2, 0.25) is 0 Å². The second kappa shape index (κ2) is 5.47. The lowest BCUT2D eigenvalue weighted by atomic mass is 10.2. The van der Waals surface area contributed by atoms with E-state index in [0.29, 0.717) is 5.39 Å². The number of phenolic OH excluding ortho intramolecular Hbond substituents is 1. The zero-order chi connectivity index (χ0) is 15.6. The Bertz CT molecular complexity index is 727. The number of benzene rings is 1. The zero-order valence-electron chi connectivity index (χ0n) is 12.1. The molecule has 0 fully saturated rings. The van der Waals surface area contributed by atoms with E-state index in [1.54, 1.807) is 20.8 Å². The van der Waals surface area contributed by atoms with E-state index in [4.69, 9.17) is 9.15 Å². The summed E-state index contributed by atoms with van der Waals surface area (Å²) in [4.78, 5) is 23.4. The highest BCUT2D eigenvalue weighted by Crippen LogP contribution is 2.18. The molecular weight excluding hydrogens is 274 g/mol. The van der Waals surface area contributed by atoms with Crippen LogP contribution in [0.4, 0.5) is 4.79 Å². The van der Waals surface area contributed by atoms with E-state index in [1.807, 2.05) is 0 Å². The van der Waals surface area contributed by atoms with Gasteiger partial charge in [0.25, 0.3) is 0 Å². The first-order valence-electron chi connectivity index (χ1n) is 6.47. The van der Waals surface area contributed by atoms with Gasteiger partial charge < -0.3 is 19.6 Å². The molecule has 6 nitrogen and oxygen atoms in total. The van der Waals surface area contributed by atoms with Crippen LogP contribution in [0.3, 0.4) is 0 Å². The van der Waals surface area contributed by atoms with Crippen LogP contribution in [0.15, 0.2) is 33.5 Å². The van der Waals surface area contributed by atoms with E-state index >= 15 is 0 Å². The molecule has 0 saturated heterocycles. The van der Waals surface area contributed by atoms with Gasteiger partial charge in [0, 0.05) is 12.1 Å². The Balaban J connectivity index is 2.16. The number of phenols is 1. The lowest BCUT2D eigenvalue weighted by Crippen LogP contribution is -2.32. The van der Waals surface area contributed by atoms with Crippen molar-refractivity contribution in [3.63, 3.8) is 0 Å². The molecule has 0 saturated carbocycles. The van der Waals surface area contributed by atoms with Crippen LogP contribution in [0, 0.1) is 0 Å². The molecule has 0 unspecified atom stereocenters. The summed E-state index contributed by atoms with van der Waals surface area (Å²) in [6.07, 6.45) is -0.596. The number of ether oxygens (including phenoxy) is 1. The predicted molar refractivity (Wildman–Crippen MR) is 77.2 cm³/mol. The predicted octanol–water partition coefficient (Wildman–Crippen LogP) is 2.52. The van der Waals surface area contributed by atoms with Crippen LogP contribution in [0.1, 0.15) is 26.5 Å². The number of aromatic hydroxyl groups is 1. The molecule has 0 spiro atoms. The number of hydrogen-bond acceptors (Lipinski definition) is 5. The summed E-state index contributed by atoms with van der Waals surface area (Å²) in [6, 6.07) is 5.56. The number of nitrogens with one attached hydrogen (secondary N) is 1. The Morgan fingerprint density at radius 3 is 2.71 bits per heavy atom. The highest BCUT2D eigenvalue weighted by atomic mass is 16.6. The molecule has 1 amide bonds. The Hall–Kier alpha value is -2.50. The van der Waals surface area contributed by atoms with Gasteiger partial charge >= 0.3 is 6.09 Å². The lowest BCUT2D eigenvalue weighted by Gasteiger charge is -2.19. The SMILES string of the molecule is CC(C)(C)OC(=O)NCc1cc(=O)c2ccc(O)cc2o1. The van der Waals surface area contributed by atoms with Crippen molar-refractivity contribution in [2.24, 2.45) is 0 Å². The van der Waals surface area contributed by atoms with Crippen LogP contribution in [0.2, 0.25) is 0 Å². The van der Waals surface area contributed by atoms with E-state index in [0.717, 1.165) is 0 Å². The zero-order valence-corrected chi connectivity index (χ0v) is 12.1. The molecule has 2 aromatic rings. The van der Waals surface area contributed by atoms with Gasteiger partial charge in [-0.25, -0.2) is 4.79 Å². The molecule has 6 heteroatoms. The van der Waals surface area contributed by atoms with Gasteiger partial charge in [0.1, 0.15) is 22.7 Å². The molecule has 1 heterocycles. The van der Waals surface area contributed by atoms with E-state index < -0.39 is 11.7 Å². The fourth-order valence-corrected chi connectivity index (χ4v) is 1.75. The van der Waals surface area contributed by atoms with Crippen LogP contribution in [0.5, 0.6) is 5.75 Å². The maximum absolute atomic E-state index is 11.9. The molecule has 0 aliphatic carbocycles. The van der Waals surface area contributed by atoms with Gasteiger partial charge in [-0.1, -0.05) is 0 Å². The molecule has 1 aromatic carbocycles. The van der Waals surface area contributed by atoms with Crippen molar-refractivity contribution < 1.29 is 19.1 Å². The number of carbonyl (C=O) groups excluding carboxylic acids is 1. The number of carbonyl (C=O) groups is 1. The first kappa shape index (κ1) is 14.9. The number of amides is 1. The normalized spacial score (nSPS) is 11.4. The molecule has 2 rings (SSSR count). The fourth-order valence-electron chi connectivity index (χ4n) is 1.75. The van der Waals surface area contributed by atoms with Gasteiger partial charge in [-0.15, -0.1) is 0 Å². The summed E-state index contributed by atoms with van der Waals surface area (Å²) in [5.41, 5.74) is -0.569. The Labute approximate surface area is 121 Å². The standard InChI is InChI=1S/C15H17NO5/c1-15(2,3)21-14(19)16-8-10-7-12(18)11-5-4-9(17)6-13(11)20-10/h4-7,17H,8H2,1-3H3,(H,16,19). The third-order valence-corrected chi connectivity index (χ3v) is 2.57. The minimum absolute atomic E-state index is 0.00269. The molecule has 0 aliphatic rings. The van der Waals surface area contributed by atoms with Crippen molar-refractivity contribution in [3.05, 3.63) is 40.2 Å². The third-order valence-electron chi connectivity index (χ3n) is 2.57. The van der Waals surface area contributed by atoms with Gasteiger partial charge in [-0.2, -0.15) is 0 Å². The van der Waals surface area contributed by atoms with Crippen molar-refractivity contribution in [1.82, 2.24) is 5.32 Å². The van der Waals surface area contributed by atoms with Crippen LogP contribution < -0.4 is 10.7 Å². The maximum Gasteiger partial charge on any atom is 0.408 e. The van der Waals surface area contributed by atoms with Crippen molar-refractivity contribution in [2.45, 2.75) is 32.9 Å². The van der Waals surface area contributed by atoms with Crippen molar-refractivity contribution in [2.75, 3.05) is 0 Å². The molecule has 0 atom stereocenters. The summed E-state index contributed by atoms with van der Waals surface area (Å²) >= 11 is 0. The molecule has 2 N–H and O–H groups in total. The molecule has 21 heavy (non-hydrogen) atoms. The average Bonchev–Trinajstić information content (AvgIpc) is 2.33. The molecular formula is C15H17NO5. The average molecular weight is 291 g/mol. The topological polar surface area (TPSA) is 88.8 Å². The fraction of sp³-hybridized carbons (Fsp3) is 0.333. The van der Waals surface area contributed by atoms with E-state index in [9.17, 15) is 14.7 Å². The number of alkyl carbamates (subject to hydrolysis) is 1. The lowest BCUT2D eigenvalue weighted by molar-refractivity contribution is 0.0520. The molecule has 112 valence electrons. The Morgan fingerprint density at radius 2 is 2.05 bits per heavy atom. The second-order valence-electron chi connectivity index (χ2n) is 5.61. The van der Waals surface area contributed by atoms with Gasteiger partial charge in [-0.3, -0.25) is 4.79 Å². The first-order chi connectivity index (χ1) is 9.74. The van der Waals surface area contributed by atoms with Crippen LogP contribution >= 0.6 is 0 Å². The van der Waals surface area contributed by atoms with Crippen LogP contribution in [-0.4, -0.2) is 16.8 Å². The van der Waals surface area contributed by atoms with Crippen LogP contribution in [-0.2, 0) is 11.3 Å². The van der Waals surface area contributed by atoms with E-state index in [-0.39, 0.29) is 29.1 Å². The molecule has 0 radical (unpaired) electrons. The maximum atomic E-state index is 11.9. The summed E-state index contributed by atoms with van der Waals surface area (Å²) in [7, 11) is 0. The Kier molecular flexibility index (Phi) is 3.88. The highest BCUT2D eigenvalue weighted by Gasteiger charge is 2.16. The monoisotopic (exact) mass is 291 g/mol. The number of rotatable bonds is 2. The molecule has 0 aliphatic heterocycles. The quantitative estimate of drug-likeness (QED) is 0.887. The van der Waals surface area contributed by atoms with Crippen molar-refractivity contribution >= 4 is 17.1 Å². The third kappa shape index (κ3) is 3.98. The summed E-state index contributed by atoms with van der Waals surface area (Å²) in [5.74, 6) is 0.284. The minimum atomic E-state index is -0.597. The summed E-state index contributed by atoms with van der Waals surface area (Å²) in [6.45, 7) is 5.29. The molecule has 1 aromatic heterocycles. The van der Waals surface area contributed by atoms with Crippen molar-refractivity contribution in [3.8, 4) is 5.75 Å². The first-order valence-corrected chi connectivity index (χ1v) is 6.47. The number of hydrogen-bond donors (Lipinski definition) is 2. The number of fused-ring (bicyclic) bond motifs is 1. The van der Waals surface area contributed by atoms with Gasteiger partial charge in [0.15, 0.2) is 5.43 Å². The Morgan fingerprint density at radius 1 is 1.33 bits per heavy atom. The van der Waals surface area contributed by atoms with Gasteiger partial charge in [0.05, 0.1) is 11.9 Å². The highest BCUT2D eigenvalue weighted by molar-refractivity contribution is 5.77. The van der Waals surface area contributed by atoms with Gasteiger partial charge in [-0.05, 0) is 32.9 Å². The second-order valence-corrected chi connectivity index (χ2v) is 5.61. The summed E-state index contributed by atoms with van der Waals surface area (Å²) in [5, 5.41) is 12.3. The minimum Gasteiger partial charge on any atom is -0.508 e. The largest absolute Gasteiger partial charge is 0.508 e. The van der Waals surface area contributed by atoms with E-state index in [1.165, 1.54) is 24.3 Å². The molecule has 0 bridgehead atoms. The summed E-state index contributed by atoms with van der Waals surface area (Å²) < 4.78 is 10.6. The smallest absolute Gasteiger partial charge is 0.408 e. The van der Waals surface area contributed by atoms with Crippen LogP contribution in [0.25, 0.3) is 11.0 Å². The van der Waals surface area contributed by atoms with Crippen molar-refractivity contribution in [1.29, 1.82) is 0 Å².